The summed E-state index contributed by atoms with van der Waals surface area (Å²) in [4.78, 5) is 22.5. The highest BCUT2D eigenvalue weighted by Gasteiger charge is 2.24. The minimum absolute atomic E-state index is 0.249. The van der Waals surface area contributed by atoms with Gasteiger partial charge in [0.1, 0.15) is 5.60 Å². The summed E-state index contributed by atoms with van der Waals surface area (Å²) in [5, 5.41) is 14.9. The van der Waals surface area contributed by atoms with E-state index in [2.05, 4.69) is 44.6 Å². The third-order valence-corrected chi connectivity index (χ3v) is 7.72. The van der Waals surface area contributed by atoms with Gasteiger partial charge >= 0.3 is 6.09 Å². The number of hydrogen-bond donors (Lipinski definition) is 0. The molecule has 4 aromatic heterocycles. The van der Waals surface area contributed by atoms with Crippen molar-refractivity contribution in [1.82, 2.24) is 34.3 Å². The maximum atomic E-state index is 12.6. The van der Waals surface area contributed by atoms with Gasteiger partial charge in [-0.05, 0) is 75.4 Å². The van der Waals surface area contributed by atoms with Crippen LogP contribution in [0.15, 0.2) is 71.2 Å². The molecule has 0 bridgehead atoms. The predicted molar refractivity (Wildman–Crippen MR) is 156 cm³/mol. The lowest BCUT2D eigenvalue weighted by atomic mass is 10.2. The van der Waals surface area contributed by atoms with Crippen LogP contribution in [0.2, 0.25) is 0 Å². The molecular formula is C29H32N8O2S. The number of carbonyl (C=O) groups excluding carboxylic acids is 1. The van der Waals surface area contributed by atoms with Crippen LogP contribution >= 0.6 is 11.8 Å². The van der Waals surface area contributed by atoms with Crippen LogP contribution in [-0.4, -0.2) is 72.1 Å². The quantitative estimate of drug-likeness (QED) is 0.295. The molecule has 206 valence electrons. The fourth-order valence-electron chi connectivity index (χ4n) is 4.81. The monoisotopic (exact) mass is 556 g/mol. The average Bonchev–Trinajstić information content (AvgIpc) is 3.44. The van der Waals surface area contributed by atoms with Crippen molar-refractivity contribution in [1.29, 1.82) is 0 Å². The van der Waals surface area contributed by atoms with Crippen LogP contribution in [0.3, 0.4) is 0 Å². The Balaban J connectivity index is 1.21. The van der Waals surface area contributed by atoms with Crippen LogP contribution in [0.5, 0.6) is 0 Å². The maximum Gasteiger partial charge on any atom is 0.410 e. The SMILES string of the molecule is Cn1cc(-c2ccc3nnc(Sc4ccc5ncc(N6CCCN(C(=O)OC(C)(C)C)CC6)cc5c4)n3c2)cn1. The number of nitrogens with zero attached hydrogens (tertiary/aromatic N) is 8. The van der Waals surface area contributed by atoms with Crippen molar-refractivity contribution in [3.63, 3.8) is 0 Å². The van der Waals surface area contributed by atoms with E-state index in [1.54, 1.807) is 21.3 Å². The lowest BCUT2D eigenvalue weighted by Crippen LogP contribution is -2.39. The first kappa shape index (κ1) is 26.1. The smallest absolute Gasteiger partial charge is 0.410 e. The molecular weight excluding hydrogens is 524 g/mol. The van der Waals surface area contributed by atoms with Gasteiger partial charge in [-0.1, -0.05) is 0 Å². The van der Waals surface area contributed by atoms with Gasteiger partial charge in [0.25, 0.3) is 0 Å². The summed E-state index contributed by atoms with van der Waals surface area (Å²) in [5.41, 5.74) is 4.37. The molecule has 1 aliphatic rings. The predicted octanol–water partition coefficient (Wildman–Crippen LogP) is 5.28. The number of aromatic nitrogens is 6. The van der Waals surface area contributed by atoms with Crippen LogP contribution in [0.1, 0.15) is 27.2 Å². The summed E-state index contributed by atoms with van der Waals surface area (Å²) in [6, 6.07) is 12.4. The number of amides is 1. The van der Waals surface area contributed by atoms with Gasteiger partial charge in [-0.25, -0.2) is 4.79 Å². The number of carbonyl (C=O) groups is 1. The Morgan fingerprint density at radius 3 is 2.62 bits per heavy atom. The number of fused-ring (bicyclic) bond motifs is 2. The van der Waals surface area contributed by atoms with Crippen molar-refractivity contribution in [2.24, 2.45) is 7.05 Å². The van der Waals surface area contributed by atoms with Gasteiger partial charge in [-0.15, -0.1) is 10.2 Å². The highest BCUT2D eigenvalue weighted by atomic mass is 32.2. The minimum atomic E-state index is -0.499. The standard InChI is InChI=1S/C29H32N8O2S/c1-29(2,3)39-28(38)36-11-5-10-35(12-13-36)23-14-21-15-24(7-8-25(21)30-17-23)40-27-33-32-26-9-6-20(19-37(26)27)22-16-31-34(4)18-22/h6-9,14-19H,5,10-13H2,1-4H3. The molecule has 0 radical (unpaired) electrons. The Hall–Kier alpha value is -4.12. The first-order valence-corrected chi connectivity index (χ1v) is 14.2. The first-order chi connectivity index (χ1) is 19.2. The molecule has 1 saturated heterocycles. The van der Waals surface area contributed by atoms with E-state index in [0.717, 1.165) is 62.9 Å². The summed E-state index contributed by atoms with van der Waals surface area (Å²) in [6.45, 7) is 8.57. The Labute approximate surface area is 237 Å². The molecule has 40 heavy (non-hydrogen) atoms. The van der Waals surface area contributed by atoms with Crippen molar-refractivity contribution in [2.45, 2.75) is 42.8 Å². The van der Waals surface area contributed by atoms with Gasteiger partial charge in [-0.3, -0.25) is 14.1 Å². The second-order valence-electron chi connectivity index (χ2n) is 11.0. The van der Waals surface area contributed by atoms with Crippen LogP contribution < -0.4 is 4.90 Å². The molecule has 0 unspecified atom stereocenters. The molecule has 6 rings (SSSR count). The van der Waals surface area contributed by atoms with Gasteiger partial charge in [-0.2, -0.15) is 5.10 Å². The highest BCUT2D eigenvalue weighted by Crippen LogP contribution is 2.31. The third-order valence-electron chi connectivity index (χ3n) is 6.77. The maximum absolute atomic E-state index is 12.6. The van der Waals surface area contributed by atoms with E-state index in [9.17, 15) is 4.79 Å². The number of hydrogen-bond acceptors (Lipinski definition) is 8. The normalized spacial score (nSPS) is 14.6. The molecule has 5 heterocycles. The zero-order valence-corrected chi connectivity index (χ0v) is 23.9. The summed E-state index contributed by atoms with van der Waals surface area (Å²) < 4.78 is 9.39. The summed E-state index contributed by atoms with van der Waals surface area (Å²) >= 11 is 1.57. The van der Waals surface area contributed by atoms with E-state index in [-0.39, 0.29) is 6.09 Å². The molecule has 10 nitrogen and oxygen atoms in total. The summed E-state index contributed by atoms with van der Waals surface area (Å²) in [7, 11) is 1.91. The molecule has 5 aromatic rings. The number of ether oxygens (including phenoxy) is 1. The molecule has 0 N–H and O–H groups in total. The number of aryl methyl sites for hydroxylation is 1. The largest absolute Gasteiger partial charge is 0.444 e. The van der Waals surface area contributed by atoms with E-state index in [0.29, 0.717) is 13.1 Å². The fourth-order valence-corrected chi connectivity index (χ4v) is 5.66. The average molecular weight is 557 g/mol. The Morgan fingerprint density at radius 1 is 0.950 bits per heavy atom. The lowest BCUT2D eigenvalue weighted by molar-refractivity contribution is 0.0263. The molecule has 0 spiro atoms. The number of rotatable bonds is 4. The van der Waals surface area contributed by atoms with Gasteiger partial charge in [0.15, 0.2) is 10.8 Å². The van der Waals surface area contributed by atoms with Crippen molar-refractivity contribution >= 4 is 40.1 Å². The van der Waals surface area contributed by atoms with Crippen LogP contribution in [0.25, 0.3) is 27.7 Å². The molecule has 1 aliphatic heterocycles. The van der Waals surface area contributed by atoms with E-state index in [4.69, 9.17) is 9.72 Å². The minimum Gasteiger partial charge on any atom is -0.444 e. The molecule has 11 heteroatoms. The number of benzene rings is 1. The Morgan fingerprint density at radius 2 is 1.82 bits per heavy atom. The number of pyridine rings is 2. The third kappa shape index (κ3) is 5.60. The second-order valence-corrected chi connectivity index (χ2v) is 12.0. The molecule has 1 aromatic carbocycles. The molecule has 1 fully saturated rings. The topological polar surface area (TPSA) is 93.7 Å². The summed E-state index contributed by atoms with van der Waals surface area (Å²) in [6.07, 6.45) is 8.44. The van der Waals surface area contributed by atoms with Crippen molar-refractivity contribution in [3.05, 3.63) is 61.2 Å². The summed E-state index contributed by atoms with van der Waals surface area (Å²) in [5.74, 6) is 0. The molecule has 0 aliphatic carbocycles. The van der Waals surface area contributed by atoms with Crippen molar-refractivity contribution in [3.8, 4) is 11.1 Å². The highest BCUT2D eigenvalue weighted by molar-refractivity contribution is 7.99. The van der Waals surface area contributed by atoms with E-state index < -0.39 is 5.60 Å². The van der Waals surface area contributed by atoms with Crippen LogP contribution in [-0.2, 0) is 11.8 Å². The van der Waals surface area contributed by atoms with Crippen LogP contribution in [0, 0.1) is 0 Å². The van der Waals surface area contributed by atoms with E-state index in [1.165, 1.54) is 0 Å². The van der Waals surface area contributed by atoms with Crippen LogP contribution in [0.4, 0.5) is 10.5 Å². The van der Waals surface area contributed by atoms with E-state index >= 15 is 0 Å². The van der Waals surface area contributed by atoms with Gasteiger partial charge < -0.3 is 14.5 Å². The Kier molecular flexibility index (Phi) is 6.83. The fraction of sp³-hybridized carbons (Fsp3) is 0.345. The lowest BCUT2D eigenvalue weighted by Gasteiger charge is -2.27. The second kappa shape index (κ2) is 10.5. The number of anilines is 1. The van der Waals surface area contributed by atoms with E-state index in [1.807, 2.05) is 69.0 Å². The van der Waals surface area contributed by atoms with Crippen molar-refractivity contribution < 1.29 is 9.53 Å². The zero-order valence-electron chi connectivity index (χ0n) is 23.1. The zero-order chi connectivity index (χ0) is 27.9. The molecule has 0 atom stereocenters. The first-order valence-electron chi connectivity index (χ1n) is 13.4. The van der Waals surface area contributed by atoms with Gasteiger partial charge in [0, 0.05) is 67.0 Å². The molecule has 1 amide bonds. The van der Waals surface area contributed by atoms with Gasteiger partial charge in [0.2, 0.25) is 0 Å². The molecule has 0 saturated carbocycles. The Bertz CT molecular complexity index is 1690. The van der Waals surface area contributed by atoms with Gasteiger partial charge in [0.05, 0.1) is 23.6 Å². The van der Waals surface area contributed by atoms with Crippen molar-refractivity contribution in [2.75, 3.05) is 31.1 Å².